The van der Waals surface area contributed by atoms with Gasteiger partial charge in [-0.25, -0.2) is 4.79 Å². The number of hydrogen-bond donors (Lipinski definition) is 0. The van der Waals surface area contributed by atoms with Crippen molar-refractivity contribution in [3.8, 4) is 11.3 Å². The summed E-state index contributed by atoms with van der Waals surface area (Å²) in [6.07, 6.45) is 0. The SMILES string of the molecule is CCOC(=O)c1sc2cc(-c3ccc(Cl)cc3Cl)oc2c1Cl. The number of carbonyl (C=O) groups is 1. The molecule has 3 aromatic rings. The van der Waals surface area contributed by atoms with Gasteiger partial charge < -0.3 is 9.15 Å². The topological polar surface area (TPSA) is 39.4 Å². The maximum absolute atomic E-state index is 11.8. The van der Waals surface area contributed by atoms with Gasteiger partial charge in [-0.05, 0) is 25.1 Å². The van der Waals surface area contributed by atoms with Crippen LogP contribution in [0.3, 0.4) is 0 Å². The molecule has 0 amide bonds. The van der Waals surface area contributed by atoms with E-state index in [0.717, 1.165) is 4.70 Å². The maximum atomic E-state index is 11.8. The van der Waals surface area contributed by atoms with Crippen molar-refractivity contribution in [2.45, 2.75) is 6.92 Å². The molecule has 0 spiro atoms. The summed E-state index contributed by atoms with van der Waals surface area (Å²) in [4.78, 5) is 12.1. The van der Waals surface area contributed by atoms with Gasteiger partial charge >= 0.3 is 5.97 Å². The fraction of sp³-hybridized carbons (Fsp3) is 0.133. The van der Waals surface area contributed by atoms with E-state index in [2.05, 4.69) is 0 Å². The Morgan fingerprint density at radius 1 is 1.27 bits per heavy atom. The molecule has 114 valence electrons. The molecule has 0 aliphatic rings. The smallest absolute Gasteiger partial charge is 0.350 e. The van der Waals surface area contributed by atoms with Crippen LogP contribution in [0, 0.1) is 0 Å². The Bertz CT molecular complexity index is 866. The second kappa shape index (κ2) is 6.13. The van der Waals surface area contributed by atoms with Crippen LogP contribution in [-0.2, 0) is 4.74 Å². The third-order valence-electron chi connectivity index (χ3n) is 2.97. The van der Waals surface area contributed by atoms with Crippen molar-refractivity contribution in [2.75, 3.05) is 6.61 Å². The molecule has 0 radical (unpaired) electrons. The number of furan rings is 1. The van der Waals surface area contributed by atoms with Crippen molar-refractivity contribution in [1.29, 1.82) is 0 Å². The van der Waals surface area contributed by atoms with E-state index in [1.807, 2.05) is 0 Å². The third kappa shape index (κ3) is 2.72. The summed E-state index contributed by atoms with van der Waals surface area (Å²) < 4.78 is 11.5. The summed E-state index contributed by atoms with van der Waals surface area (Å²) in [5.74, 6) is 0.121. The molecule has 2 aromatic heterocycles. The first-order chi connectivity index (χ1) is 10.5. The largest absolute Gasteiger partial charge is 0.462 e. The summed E-state index contributed by atoms with van der Waals surface area (Å²) in [6.45, 7) is 2.03. The van der Waals surface area contributed by atoms with Gasteiger partial charge in [0.25, 0.3) is 0 Å². The van der Waals surface area contributed by atoms with Gasteiger partial charge in [-0.15, -0.1) is 11.3 Å². The normalized spacial score (nSPS) is 11.1. The van der Waals surface area contributed by atoms with Gasteiger partial charge in [0.05, 0.1) is 16.3 Å². The van der Waals surface area contributed by atoms with E-state index in [0.29, 0.717) is 38.4 Å². The Kier molecular flexibility index (Phi) is 4.37. The molecule has 0 aliphatic carbocycles. The van der Waals surface area contributed by atoms with Gasteiger partial charge in [-0.3, -0.25) is 0 Å². The zero-order valence-electron chi connectivity index (χ0n) is 11.3. The monoisotopic (exact) mass is 374 g/mol. The second-order valence-electron chi connectivity index (χ2n) is 4.39. The minimum absolute atomic E-state index is 0.259. The van der Waals surface area contributed by atoms with E-state index in [-0.39, 0.29) is 5.02 Å². The molecular formula is C15H9Cl3O3S. The Morgan fingerprint density at radius 3 is 2.68 bits per heavy atom. The van der Waals surface area contributed by atoms with Crippen molar-refractivity contribution in [1.82, 2.24) is 0 Å². The van der Waals surface area contributed by atoms with Crippen LogP contribution in [0.15, 0.2) is 28.7 Å². The summed E-state index contributed by atoms with van der Waals surface area (Å²) in [7, 11) is 0. The van der Waals surface area contributed by atoms with E-state index in [1.165, 1.54) is 11.3 Å². The molecule has 2 heterocycles. The van der Waals surface area contributed by atoms with Crippen LogP contribution in [0.25, 0.3) is 21.6 Å². The quantitative estimate of drug-likeness (QED) is 0.504. The molecule has 0 N–H and O–H groups in total. The number of esters is 1. The molecule has 22 heavy (non-hydrogen) atoms. The Balaban J connectivity index is 2.06. The van der Waals surface area contributed by atoms with Crippen molar-refractivity contribution in [3.63, 3.8) is 0 Å². The number of halogens is 3. The average molecular weight is 376 g/mol. The molecule has 0 unspecified atom stereocenters. The van der Waals surface area contributed by atoms with Crippen LogP contribution >= 0.6 is 46.1 Å². The molecule has 1 aromatic carbocycles. The highest BCUT2D eigenvalue weighted by molar-refractivity contribution is 7.21. The van der Waals surface area contributed by atoms with Crippen molar-refractivity contribution in [2.24, 2.45) is 0 Å². The highest BCUT2D eigenvalue weighted by atomic mass is 35.5. The fourth-order valence-electron chi connectivity index (χ4n) is 2.01. The molecule has 0 atom stereocenters. The first-order valence-electron chi connectivity index (χ1n) is 6.35. The lowest BCUT2D eigenvalue weighted by Crippen LogP contribution is -2.02. The Hall–Kier alpha value is -1.20. The van der Waals surface area contributed by atoms with Gasteiger partial charge in [0.2, 0.25) is 0 Å². The number of carbonyl (C=O) groups excluding carboxylic acids is 1. The number of thiophene rings is 1. The highest BCUT2D eigenvalue weighted by Gasteiger charge is 2.22. The fourth-order valence-corrected chi connectivity index (χ4v) is 3.85. The van der Waals surface area contributed by atoms with E-state index in [4.69, 9.17) is 44.0 Å². The van der Waals surface area contributed by atoms with Crippen LogP contribution in [0.5, 0.6) is 0 Å². The lowest BCUT2D eigenvalue weighted by atomic mass is 10.2. The van der Waals surface area contributed by atoms with Gasteiger partial charge in [-0.2, -0.15) is 0 Å². The van der Waals surface area contributed by atoms with Crippen molar-refractivity contribution >= 4 is 62.4 Å². The standard InChI is InChI=1S/C15H9Cl3O3S/c1-2-20-15(19)14-12(18)13-11(22-14)6-10(21-13)8-4-3-7(16)5-9(8)17/h3-6H,2H2,1H3. The van der Waals surface area contributed by atoms with Crippen LogP contribution in [0.4, 0.5) is 0 Å². The number of benzene rings is 1. The molecule has 3 nitrogen and oxygen atoms in total. The Morgan fingerprint density at radius 2 is 2.05 bits per heavy atom. The summed E-state index contributed by atoms with van der Waals surface area (Å²) in [5, 5.41) is 1.29. The number of ether oxygens (including phenoxy) is 1. The minimum Gasteiger partial charge on any atom is -0.462 e. The van der Waals surface area contributed by atoms with Gasteiger partial charge in [0.1, 0.15) is 15.7 Å². The van der Waals surface area contributed by atoms with E-state index < -0.39 is 5.97 Å². The van der Waals surface area contributed by atoms with E-state index >= 15 is 0 Å². The third-order valence-corrected chi connectivity index (χ3v) is 5.08. The molecular weight excluding hydrogens is 367 g/mol. The number of fused-ring (bicyclic) bond motifs is 1. The minimum atomic E-state index is -0.449. The zero-order chi connectivity index (χ0) is 15.9. The second-order valence-corrected chi connectivity index (χ2v) is 6.67. The summed E-state index contributed by atoms with van der Waals surface area (Å²) in [5.41, 5.74) is 1.17. The van der Waals surface area contributed by atoms with Crippen LogP contribution in [-0.4, -0.2) is 12.6 Å². The predicted molar refractivity (Wildman–Crippen MR) is 90.5 cm³/mol. The van der Waals surface area contributed by atoms with Crippen LogP contribution in [0.1, 0.15) is 16.6 Å². The molecule has 3 rings (SSSR count). The highest BCUT2D eigenvalue weighted by Crippen LogP contribution is 2.42. The molecule has 7 heteroatoms. The van der Waals surface area contributed by atoms with E-state index in [1.54, 1.807) is 31.2 Å². The molecule has 0 saturated carbocycles. The zero-order valence-corrected chi connectivity index (χ0v) is 14.4. The lowest BCUT2D eigenvalue weighted by Gasteiger charge is -2.01. The van der Waals surface area contributed by atoms with Gasteiger partial charge in [0, 0.05) is 16.7 Å². The van der Waals surface area contributed by atoms with Crippen molar-refractivity contribution < 1.29 is 13.9 Å². The average Bonchev–Trinajstić information content (AvgIpc) is 2.99. The predicted octanol–water partition coefficient (Wildman–Crippen LogP) is 6.30. The first kappa shape index (κ1) is 15.7. The van der Waals surface area contributed by atoms with Crippen molar-refractivity contribution in [3.05, 3.63) is 44.2 Å². The number of rotatable bonds is 3. The first-order valence-corrected chi connectivity index (χ1v) is 8.30. The molecule has 0 fully saturated rings. The molecule has 0 aliphatic heterocycles. The molecule has 0 bridgehead atoms. The van der Waals surface area contributed by atoms with Crippen LogP contribution < -0.4 is 0 Å². The summed E-state index contributed by atoms with van der Waals surface area (Å²) in [6, 6.07) is 6.93. The summed E-state index contributed by atoms with van der Waals surface area (Å²) >= 11 is 19.5. The lowest BCUT2D eigenvalue weighted by molar-refractivity contribution is 0.0532. The molecule has 0 saturated heterocycles. The maximum Gasteiger partial charge on any atom is 0.350 e. The Labute approximate surface area is 145 Å². The number of hydrogen-bond acceptors (Lipinski definition) is 4. The van der Waals surface area contributed by atoms with Gasteiger partial charge in [0.15, 0.2) is 5.58 Å². The van der Waals surface area contributed by atoms with E-state index in [9.17, 15) is 4.79 Å². The van der Waals surface area contributed by atoms with Gasteiger partial charge in [-0.1, -0.05) is 34.8 Å². The van der Waals surface area contributed by atoms with Crippen LogP contribution in [0.2, 0.25) is 15.1 Å².